The first-order chi connectivity index (χ1) is 14.1. The van der Waals surface area contributed by atoms with Crippen LogP contribution >= 0.6 is 0 Å². The zero-order chi connectivity index (χ0) is 21.9. The van der Waals surface area contributed by atoms with E-state index in [2.05, 4.69) is 24.1 Å². The van der Waals surface area contributed by atoms with E-state index >= 15 is 0 Å². The molecule has 166 valence electrons. The molecule has 9 heteroatoms. The Morgan fingerprint density at radius 3 is 2.23 bits per heavy atom. The van der Waals surface area contributed by atoms with Crippen molar-refractivity contribution in [2.45, 2.75) is 51.0 Å². The van der Waals surface area contributed by atoms with Crippen LogP contribution in [0, 0.1) is 0 Å². The molecule has 0 radical (unpaired) electrons. The number of benzene rings is 1. The molecule has 3 rings (SSSR count). The van der Waals surface area contributed by atoms with Crippen molar-refractivity contribution in [3.8, 4) is 0 Å². The van der Waals surface area contributed by atoms with Crippen molar-refractivity contribution >= 4 is 21.7 Å². The molecular weight excluding hydrogens is 408 g/mol. The fourth-order valence-electron chi connectivity index (χ4n) is 4.18. The maximum absolute atomic E-state index is 12.8. The molecule has 1 aromatic rings. The predicted octanol–water partition coefficient (Wildman–Crippen LogP) is 1.15. The van der Waals surface area contributed by atoms with Crippen LogP contribution in [-0.4, -0.2) is 74.6 Å². The Kier molecular flexibility index (Phi) is 6.84. The topological polar surface area (TPSA) is 102 Å². The molecule has 2 saturated heterocycles. The third-order valence-electron chi connectivity index (χ3n) is 5.73. The van der Waals surface area contributed by atoms with Crippen molar-refractivity contribution in [3.63, 3.8) is 0 Å². The third-order valence-corrected chi connectivity index (χ3v) is 7.38. The van der Waals surface area contributed by atoms with E-state index in [0.29, 0.717) is 5.56 Å². The monoisotopic (exact) mass is 438 g/mol. The van der Waals surface area contributed by atoms with Crippen LogP contribution in [0.5, 0.6) is 0 Å². The zero-order valence-corrected chi connectivity index (χ0v) is 18.5. The summed E-state index contributed by atoms with van der Waals surface area (Å²) in [4.78, 5) is 27.5. The number of esters is 1. The van der Waals surface area contributed by atoms with Crippen LogP contribution in [0.15, 0.2) is 24.3 Å². The largest absolute Gasteiger partial charge is 0.467 e. The van der Waals surface area contributed by atoms with Gasteiger partial charge in [0.15, 0.2) is 9.84 Å². The Balaban J connectivity index is 1.66. The fourth-order valence-corrected chi connectivity index (χ4v) is 5.71. The quantitative estimate of drug-likeness (QED) is 0.688. The summed E-state index contributed by atoms with van der Waals surface area (Å²) in [5.41, 5.74) is 0.189. The molecule has 8 nitrogen and oxygen atoms in total. The molecule has 1 N–H and O–H groups in total. The van der Waals surface area contributed by atoms with Gasteiger partial charge in [0, 0.05) is 25.2 Å². The number of amides is 1. The van der Waals surface area contributed by atoms with Gasteiger partial charge in [-0.1, -0.05) is 12.1 Å². The number of rotatable bonds is 5. The Morgan fingerprint density at radius 1 is 1.13 bits per heavy atom. The van der Waals surface area contributed by atoms with Gasteiger partial charge in [-0.2, -0.15) is 0 Å². The maximum atomic E-state index is 12.8. The lowest BCUT2D eigenvalue weighted by atomic mass is 9.91. The number of carbonyl (C=O) groups excluding carboxylic acids is 2. The van der Waals surface area contributed by atoms with Crippen LogP contribution in [0.4, 0.5) is 0 Å². The Bertz CT molecular complexity index is 859. The molecule has 0 saturated carbocycles. The number of nitrogens with zero attached hydrogens (tertiary/aromatic N) is 1. The standard InChI is InChI=1S/C21H30N2O6S/c1-15-12-23(13-16(2)29-15)14-17-4-6-18(7-5-17)19(24)22-21(20(25)28-3)8-10-30(26,27)11-9-21/h4-7,15-16H,8-14H2,1-3H3,(H,22,24). The van der Waals surface area contributed by atoms with Gasteiger partial charge in [-0.3, -0.25) is 9.69 Å². The summed E-state index contributed by atoms with van der Waals surface area (Å²) < 4.78 is 34.2. The lowest BCUT2D eigenvalue weighted by Crippen LogP contribution is -2.58. The molecule has 0 bridgehead atoms. The molecule has 1 aromatic carbocycles. The summed E-state index contributed by atoms with van der Waals surface area (Å²) in [5, 5.41) is 2.74. The van der Waals surface area contributed by atoms with Gasteiger partial charge in [-0.05, 0) is 44.4 Å². The Labute approximate surface area is 177 Å². The Morgan fingerprint density at radius 2 is 1.70 bits per heavy atom. The van der Waals surface area contributed by atoms with Crippen LogP contribution < -0.4 is 5.32 Å². The van der Waals surface area contributed by atoms with Crippen molar-refractivity contribution in [3.05, 3.63) is 35.4 Å². The van der Waals surface area contributed by atoms with E-state index in [1.165, 1.54) is 7.11 Å². The number of nitrogens with one attached hydrogen (secondary N) is 1. The minimum absolute atomic E-state index is 0.0131. The van der Waals surface area contributed by atoms with Gasteiger partial charge in [0.05, 0.1) is 30.8 Å². The predicted molar refractivity (Wildman–Crippen MR) is 112 cm³/mol. The second kappa shape index (κ2) is 9.03. The van der Waals surface area contributed by atoms with Gasteiger partial charge in [0.25, 0.3) is 5.91 Å². The van der Waals surface area contributed by atoms with Crippen molar-refractivity contribution < 1.29 is 27.5 Å². The van der Waals surface area contributed by atoms with Crippen LogP contribution in [-0.2, 0) is 30.7 Å². The van der Waals surface area contributed by atoms with Crippen LogP contribution in [0.3, 0.4) is 0 Å². The third kappa shape index (κ3) is 5.39. The van der Waals surface area contributed by atoms with Crippen LogP contribution in [0.2, 0.25) is 0 Å². The number of ether oxygens (including phenoxy) is 2. The highest BCUT2D eigenvalue weighted by Gasteiger charge is 2.45. The number of hydrogen-bond donors (Lipinski definition) is 1. The molecule has 2 atom stereocenters. The highest BCUT2D eigenvalue weighted by Crippen LogP contribution is 2.26. The second-order valence-corrected chi connectivity index (χ2v) is 10.6. The molecule has 2 aliphatic heterocycles. The van der Waals surface area contributed by atoms with Gasteiger partial charge in [0.2, 0.25) is 0 Å². The molecule has 0 aromatic heterocycles. The SMILES string of the molecule is COC(=O)C1(NC(=O)c2ccc(CN3CC(C)OC(C)C3)cc2)CCS(=O)(=O)CC1. The molecule has 1 amide bonds. The average Bonchev–Trinajstić information content (AvgIpc) is 2.69. The molecule has 2 heterocycles. The number of hydrogen-bond acceptors (Lipinski definition) is 7. The minimum Gasteiger partial charge on any atom is -0.467 e. The van der Waals surface area contributed by atoms with E-state index in [-0.39, 0.29) is 36.6 Å². The molecule has 30 heavy (non-hydrogen) atoms. The van der Waals surface area contributed by atoms with Crippen molar-refractivity contribution in [2.24, 2.45) is 0 Å². The Hall–Kier alpha value is -1.97. The molecule has 2 fully saturated rings. The normalized spacial score (nSPS) is 26.0. The molecule has 2 aliphatic rings. The summed E-state index contributed by atoms with van der Waals surface area (Å²) in [6.45, 7) is 6.60. The first kappa shape index (κ1) is 22.7. The molecular formula is C21H30N2O6S. The summed E-state index contributed by atoms with van der Waals surface area (Å²) in [6.07, 6.45) is 0.401. The van der Waals surface area contributed by atoms with E-state index in [4.69, 9.17) is 9.47 Å². The maximum Gasteiger partial charge on any atom is 0.331 e. The second-order valence-electron chi connectivity index (χ2n) is 8.33. The summed E-state index contributed by atoms with van der Waals surface area (Å²) in [7, 11) is -1.96. The van der Waals surface area contributed by atoms with Crippen molar-refractivity contribution in [1.82, 2.24) is 10.2 Å². The molecule has 2 unspecified atom stereocenters. The highest BCUT2D eigenvalue weighted by atomic mass is 32.2. The van der Waals surface area contributed by atoms with E-state index in [1.807, 2.05) is 12.1 Å². The van der Waals surface area contributed by atoms with Crippen molar-refractivity contribution in [1.29, 1.82) is 0 Å². The van der Waals surface area contributed by atoms with Gasteiger partial charge in [-0.15, -0.1) is 0 Å². The highest BCUT2D eigenvalue weighted by molar-refractivity contribution is 7.91. The number of carbonyl (C=O) groups is 2. The summed E-state index contributed by atoms with van der Waals surface area (Å²) in [6, 6.07) is 7.25. The van der Waals surface area contributed by atoms with Gasteiger partial charge in [0.1, 0.15) is 5.54 Å². The fraction of sp³-hybridized carbons (Fsp3) is 0.619. The molecule has 0 aliphatic carbocycles. The van der Waals surface area contributed by atoms with Crippen LogP contribution in [0.25, 0.3) is 0 Å². The minimum atomic E-state index is -3.20. The first-order valence-corrected chi connectivity index (χ1v) is 12.0. The first-order valence-electron chi connectivity index (χ1n) is 10.2. The van der Waals surface area contributed by atoms with E-state index < -0.39 is 27.3 Å². The van der Waals surface area contributed by atoms with Gasteiger partial charge in [-0.25, -0.2) is 13.2 Å². The van der Waals surface area contributed by atoms with Gasteiger partial charge < -0.3 is 14.8 Å². The molecule has 0 spiro atoms. The van der Waals surface area contributed by atoms with Crippen LogP contribution in [0.1, 0.15) is 42.6 Å². The lowest BCUT2D eigenvalue weighted by Gasteiger charge is -2.35. The lowest BCUT2D eigenvalue weighted by molar-refractivity contribution is -0.148. The van der Waals surface area contributed by atoms with E-state index in [0.717, 1.165) is 25.2 Å². The number of morpholine rings is 1. The summed E-state index contributed by atoms with van der Waals surface area (Å²) in [5.74, 6) is -1.34. The number of methoxy groups -OCH3 is 1. The van der Waals surface area contributed by atoms with Crippen molar-refractivity contribution in [2.75, 3.05) is 31.7 Å². The smallest absolute Gasteiger partial charge is 0.331 e. The zero-order valence-electron chi connectivity index (χ0n) is 17.7. The number of sulfone groups is 1. The van der Waals surface area contributed by atoms with E-state index in [9.17, 15) is 18.0 Å². The summed E-state index contributed by atoms with van der Waals surface area (Å²) >= 11 is 0. The van der Waals surface area contributed by atoms with E-state index in [1.54, 1.807) is 12.1 Å². The van der Waals surface area contributed by atoms with Gasteiger partial charge >= 0.3 is 5.97 Å². The average molecular weight is 439 g/mol.